The maximum absolute atomic E-state index is 12.5. The Hall–Kier alpha value is -3.07. The molecule has 3 aromatic rings. The van der Waals surface area contributed by atoms with Crippen molar-refractivity contribution in [1.82, 2.24) is 19.1 Å². The van der Waals surface area contributed by atoms with Gasteiger partial charge in [0.1, 0.15) is 23.9 Å². The van der Waals surface area contributed by atoms with Crippen molar-refractivity contribution in [3.8, 4) is 11.5 Å². The van der Waals surface area contributed by atoms with Gasteiger partial charge in [0, 0.05) is 18.5 Å². The molecule has 0 spiro atoms. The van der Waals surface area contributed by atoms with Gasteiger partial charge in [-0.2, -0.15) is 5.10 Å². The van der Waals surface area contributed by atoms with Crippen molar-refractivity contribution in [3.63, 3.8) is 0 Å². The van der Waals surface area contributed by atoms with Gasteiger partial charge >= 0.3 is 0 Å². The van der Waals surface area contributed by atoms with Gasteiger partial charge in [0.15, 0.2) is 0 Å². The third-order valence-electron chi connectivity index (χ3n) is 3.77. The maximum atomic E-state index is 12.5. The Morgan fingerprint density at radius 1 is 1.23 bits per heavy atom. The number of amides is 1. The number of rotatable bonds is 6. The second kappa shape index (κ2) is 7.44. The maximum Gasteiger partial charge on any atom is 0.246 e. The van der Waals surface area contributed by atoms with Gasteiger partial charge in [0.2, 0.25) is 10.7 Å². The Morgan fingerprint density at radius 2 is 1.96 bits per heavy atom. The van der Waals surface area contributed by atoms with Crippen LogP contribution in [0.1, 0.15) is 5.82 Å². The summed E-state index contributed by atoms with van der Waals surface area (Å²) in [4.78, 5) is 12.5. The molecule has 0 saturated heterocycles. The third-order valence-corrected chi connectivity index (χ3v) is 4.15. The van der Waals surface area contributed by atoms with Gasteiger partial charge in [0.05, 0.1) is 19.9 Å². The Balaban J connectivity index is 1.82. The van der Waals surface area contributed by atoms with Crippen LogP contribution in [0.3, 0.4) is 0 Å². The van der Waals surface area contributed by atoms with E-state index in [-0.39, 0.29) is 12.5 Å². The van der Waals surface area contributed by atoms with Gasteiger partial charge in [-0.1, -0.05) is 0 Å². The fourth-order valence-electron chi connectivity index (χ4n) is 2.57. The van der Waals surface area contributed by atoms with Crippen LogP contribution in [0.4, 0.5) is 5.69 Å². The quantitative estimate of drug-likeness (QED) is 0.672. The molecular formula is C17H19N5O3S. The van der Waals surface area contributed by atoms with E-state index in [1.807, 2.05) is 36.1 Å². The molecule has 0 aliphatic carbocycles. The van der Waals surface area contributed by atoms with Crippen LogP contribution in [0, 0.1) is 11.7 Å². The molecule has 0 bridgehead atoms. The normalized spacial score (nSPS) is 10.6. The molecule has 3 rings (SSSR count). The molecular weight excluding hydrogens is 354 g/mol. The number of hydrogen-bond donors (Lipinski definition) is 1. The van der Waals surface area contributed by atoms with Crippen LogP contribution >= 0.6 is 12.2 Å². The van der Waals surface area contributed by atoms with E-state index in [0.29, 0.717) is 27.8 Å². The lowest BCUT2D eigenvalue weighted by molar-refractivity contribution is -0.116. The van der Waals surface area contributed by atoms with E-state index < -0.39 is 0 Å². The van der Waals surface area contributed by atoms with Crippen molar-refractivity contribution in [2.75, 3.05) is 19.5 Å². The molecule has 26 heavy (non-hydrogen) atoms. The molecule has 9 heteroatoms. The highest BCUT2D eigenvalue weighted by Crippen LogP contribution is 2.28. The highest BCUT2D eigenvalue weighted by molar-refractivity contribution is 7.71. The monoisotopic (exact) mass is 373 g/mol. The minimum Gasteiger partial charge on any atom is -0.497 e. The molecule has 1 N–H and O–H groups in total. The smallest absolute Gasteiger partial charge is 0.246 e. The van der Waals surface area contributed by atoms with Gasteiger partial charge in [-0.15, -0.1) is 0 Å². The zero-order chi connectivity index (χ0) is 18.7. The van der Waals surface area contributed by atoms with E-state index >= 15 is 0 Å². The summed E-state index contributed by atoms with van der Waals surface area (Å²) >= 11 is 5.45. The van der Waals surface area contributed by atoms with Gasteiger partial charge in [-0.25, -0.2) is 9.36 Å². The number of carbonyl (C=O) groups excluding carboxylic acids is 1. The number of ether oxygens (including phenoxy) is 2. The first-order chi connectivity index (χ1) is 12.5. The fraction of sp³-hybridized carbons (Fsp3) is 0.235. The zero-order valence-electron chi connectivity index (χ0n) is 14.7. The number of nitrogens with zero attached hydrogens (tertiary/aromatic N) is 4. The van der Waals surface area contributed by atoms with E-state index in [0.717, 1.165) is 0 Å². The molecule has 2 heterocycles. The van der Waals surface area contributed by atoms with Crippen molar-refractivity contribution in [3.05, 3.63) is 53.3 Å². The fourth-order valence-corrected chi connectivity index (χ4v) is 2.90. The van der Waals surface area contributed by atoms with Crippen LogP contribution in [-0.2, 0) is 11.3 Å². The Bertz CT molecular complexity index is 975. The van der Waals surface area contributed by atoms with Crippen LogP contribution in [0.15, 0.2) is 42.7 Å². The highest BCUT2D eigenvalue weighted by atomic mass is 32.1. The molecule has 0 aliphatic heterocycles. The van der Waals surface area contributed by atoms with E-state index in [9.17, 15) is 4.79 Å². The summed E-state index contributed by atoms with van der Waals surface area (Å²) in [5.74, 6) is 1.56. The Labute approximate surface area is 155 Å². The molecule has 0 radical (unpaired) electrons. The predicted molar refractivity (Wildman–Crippen MR) is 99.2 cm³/mol. The summed E-state index contributed by atoms with van der Waals surface area (Å²) in [6.07, 6.45) is 3.71. The number of anilines is 1. The van der Waals surface area contributed by atoms with E-state index in [1.165, 1.54) is 11.8 Å². The Kier molecular flexibility index (Phi) is 5.08. The lowest BCUT2D eigenvalue weighted by atomic mass is 10.2. The van der Waals surface area contributed by atoms with Crippen molar-refractivity contribution < 1.29 is 14.3 Å². The predicted octanol–water partition coefficient (Wildman–Crippen LogP) is 2.49. The number of aromatic nitrogens is 4. The number of methoxy groups -OCH3 is 2. The number of nitrogens with one attached hydrogen (secondary N) is 1. The first-order valence-corrected chi connectivity index (χ1v) is 8.26. The highest BCUT2D eigenvalue weighted by Gasteiger charge is 2.14. The molecule has 0 saturated carbocycles. The summed E-state index contributed by atoms with van der Waals surface area (Å²) in [5.41, 5.74) is 0.518. The minimum atomic E-state index is -0.273. The average Bonchev–Trinajstić information content (AvgIpc) is 3.23. The molecule has 2 aromatic heterocycles. The van der Waals surface area contributed by atoms with Crippen LogP contribution in [0.25, 0.3) is 0 Å². The summed E-state index contributed by atoms with van der Waals surface area (Å²) in [6.45, 7) is 1.81. The zero-order valence-corrected chi connectivity index (χ0v) is 15.5. The molecule has 1 amide bonds. The van der Waals surface area contributed by atoms with Crippen LogP contribution < -0.4 is 14.8 Å². The second-order valence-electron chi connectivity index (χ2n) is 5.48. The van der Waals surface area contributed by atoms with Gasteiger partial charge in [-0.3, -0.25) is 9.47 Å². The number of hydrogen-bond acceptors (Lipinski definition) is 5. The SMILES string of the molecule is COc1ccc(OC)c(NC(=O)Cn2nc(C)n(-n3cccc3)c2=S)c1. The summed E-state index contributed by atoms with van der Waals surface area (Å²) < 4.78 is 15.9. The van der Waals surface area contributed by atoms with Crippen molar-refractivity contribution in [2.45, 2.75) is 13.5 Å². The van der Waals surface area contributed by atoms with Gasteiger partial charge in [0.25, 0.3) is 0 Å². The summed E-state index contributed by atoms with van der Waals surface area (Å²) in [7, 11) is 3.10. The Morgan fingerprint density at radius 3 is 2.62 bits per heavy atom. The third kappa shape index (κ3) is 3.47. The summed E-state index contributed by atoms with van der Waals surface area (Å²) in [5, 5.41) is 7.17. The molecule has 0 atom stereocenters. The van der Waals surface area contributed by atoms with Crippen LogP contribution in [0.5, 0.6) is 11.5 Å². The van der Waals surface area contributed by atoms with Crippen molar-refractivity contribution >= 4 is 23.8 Å². The van der Waals surface area contributed by atoms with Crippen LogP contribution in [-0.4, -0.2) is 39.3 Å². The van der Waals surface area contributed by atoms with Crippen molar-refractivity contribution in [2.24, 2.45) is 0 Å². The molecule has 0 unspecified atom stereocenters. The number of aryl methyl sites for hydroxylation is 1. The standard InChI is InChI=1S/C17H19N5O3S/c1-12-19-21(17(26)22(12)20-8-4-5-9-20)11-16(23)18-14-10-13(24-2)6-7-15(14)25-3/h4-10H,11H2,1-3H3,(H,18,23). The van der Waals surface area contributed by atoms with E-state index in [4.69, 9.17) is 21.7 Å². The van der Waals surface area contributed by atoms with Crippen molar-refractivity contribution in [1.29, 1.82) is 0 Å². The molecule has 1 aromatic carbocycles. The topological polar surface area (TPSA) is 75.2 Å². The first kappa shape index (κ1) is 17.7. The molecule has 136 valence electrons. The lowest BCUT2D eigenvalue weighted by Gasteiger charge is -2.11. The number of carbonyl (C=O) groups is 1. The van der Waals surface area contributed by atoms with Gasteiger partial charge in [-0.05, 0) is 43.4 Å². The lowest BCUT2D eigenvalue weighted by Crippen LogP contribution is -2.20. The van der Waals surface area contributed by atoms with E-state index in [2.05, 4.69) is 10.4 Å². The minimum absolute atomic E-state index is 0.0195. The first-order valence-electron chi connectivity index (χ1n) is 7.85. The average molecular weight is 373 g/mol. The second-order valence-corrected chi connectivity index (χ2v) is 5.84. The van der Waals surface area contributed by atoms with Gasteiger partial charge < -0.3 is 14.8 Å². The molecule has 0 fully saturated rings. The number of benzene rings is 1. The largest absolute Gasteiger partial charge is 0.497 e. The molecule has 0 aliphatic rings. The van der Waals surface area contributed by atoms with E-state index in [1.54, 1.807) is 30.0 Å². The summed E-state index contributed by atoms with van der Waals surface area (Å²) in [6, 6.07) is 8.96. The van der Waals surface area contributed by atoms with Crippen LogP contribution in [0.2, 0.25) is 0 Å². The molecule has 8 nitrogen and oxygen atoms in total.